The molecule has 0 amide bonds. The first-order valence-electron chi connectivity index (χ1n) is 11.3. The van der Waals surface area contributed by atoms with Gasteiger partial charge in [0, 0.05) is 12.7 Å². The van der Waals surface area contributed by atoms with E-state index >= 15 is 0 Å². The quantitative estimate of drug-likeness (QED) is 0.269. The number of nitrogens with two attached hydrogens (primary N) is 1. The highest BCUT2D eigenvalue weighted by molar-refractivity contribution is 7.89. The van der Waals surface area contributed by atoms with E-state index in [-0.39, 0.29) is 30.3 Å². The Kier molecular flexibility index (Phi) is 6.59. The van der Waals surface area contributed by atoms with Crippen LogP contribution in [-0.4, -0.2) is 82.3 Å². The van der Waals surface area contributed by atoms with Crippen molar-refractivity contribution < 1.29 is 27.8 Å². The summed E-state index contributed by atoms with van der Waals surface area (Å²) < 4.78 is 49.1. The summed E-state index contributed by atoms with van der Waals surface area (Å²) in [5, 5.41) is 29.3. The molecule has 4 heterocycles. The van der Waals surface area contributed by atoms with Crippen LogP contribution in [-0.2, 0) is 27.8 Å². The summed E-state index contributed by atoms with van der Waals surface area (Å²) in [5.74, 6) is -0.363. The predicted molar refractivity (Wildman–Crippen MR) is 125 cm³/mol. The number of aliphatic hydroxyl groups is 2. The number of imidazole rings is 1. The normalized spacial score (nSPS) is 22.3. The summed E-state index contributed by atoms with van der Waals surface area (Å²) in [7, 11) is -3.88. The number of anilines is 1. The third-order valence-electron chi connectivity index (χ3n) is 6.09. The molecule has 1 fully saturated rings. The molecule has 0 radical (unpaired) electrons. The number of aromatic nitrogens is 7. The molecule has 4 N–H and O–H groups in total. The molecule has 0 spiro atoms. The lowest BCUT2D eigenvalue weighted by Gasteiger charge is -2.19. The topological polar surface area (TPSA) is 187 Å². The minimum atomic E-state index is -3.88. The SMILES string of the molecule is CCN(Cc1cn(C[C@H]2O[C@@H](n3cnc4c(N)ncnc43)[C@H](O)[C@@H]2O)nn1)S(=O)(=O)c1ccc(F)cc1. The maximum Gasteiger partial charge on any atom is 0.243 e. The van der Waals surface area contributed by atoms with Crippen molar-refractivity contribution in [3.05, 3.63) is 54.6 Å². The summed E-state index contributed by atoms with van der Waals surface area (Å²) >= 11 is 0. The number of hydrogen-bond acceptors (Lipinski definition) is 11. The molecule has 3 aromatic heterocycles. The summed E-state index contributed by atoms with van der Waals surface area (Å²) in [6, 6.07) is 4.57. The Hall–Kier alpha value is -3.57. The van der Waals surface area contributed by atoms with Gasteiger partial charge in [0.15, 0.2) is 17.7 Å². The van der Waals surface area contributed by atoms with E-state index in [1.807, 2.05) is 0 Å². The van der Waals surface area contributed by atoms with Crippen LogP contribution in [0.1, 0.15) is 18.8 Å². The molecule has 1 aliphatic rings. The summed E-state index contributed by atoms with van der Waals surface area (Å²) in [6.07, 6.45) is -0.224. The Labute approximate surface area is 210 Å². The van der Waals surface area contributed by atoms with E-state index < -0.39 is 40.4 Å². The fourth-order valence-corrected chi connectivity index (χ4v) is 5.57. The van der Waals surface area contributed by atoms with Crippen LogP contribution in [0, 0.1) is 5.82 Å². The average molecular weight is 534 g/mol. The Balaban J connectivity index is 1.29. The second kappa shape index (κ2) is 9.71. The van der Waals surface area contributed by atoms with E-state index in [1.54, 1.807) is 6.92 Å². The summed E-state index contributed by atoms with van der Waals surface area (Å²) in [4.78, 5) is 12.1. The smallest absolute Gasteiger partial charge is 0.243 e. The lowest BCUT2D eigenvalue weighted by Crippen LogP contribution is -2.33. The fraction of sp³-hybridized carbons (Fsp3) is 0.381. The monoisotopic (exact) mass is 533 g/mol. The van der Waals surface area contributed by atoms with Crippen LogP contribution in [0.15, 0.2) is 48.0 Å². The van der Waals surface area contributed by atoms with Gasteiger partial charge in [-0.15, -0.1) is 5.10 Å². The Morgan fingerprint density at radius 3 is 2.65 bits per heavy atom. The van der Waals surface area contributed by atoms with Crippen LogP contribution in [0.3, 0.4) is 0 Å². The minimum Gasteiger partial charge on any atom is -0.387 e. The third kappa shape index (κ3) is 4.64. The molecule has 196 valence electrons. The first-order chi connectivity index (χ1) is 17.7. The number of ether oxygens (including phenoxy) is 1. The van der Waals surface area contributed by atoms with Crippen molar-refractivity contribution >= 4 is 27.0 Å². The molecule has 14 nitrogen and oxygen atoms in total. The Morgan fingerprint density at radius 1 is 1.16 bits per heavy atom. The number of nitrogens with zero attached hydrogens (tertiary/aromatic N) is 8. The van der Waals surface area contributed by atoms with Crippen LogP contribution in [0.2, 0.25) is 0 Å². The predicted octanol–water partition coefficient (Wildman–Crippen LogP) is -0.331. The van der Waals surface area contributed by atoms with Gasteiger partial charge >= 0.3 is 0 Å². The lowest BCUT2D eigenvalue weighted by atomic mass is 10.1. The van der Waals surface area contributed by atoms with Crippen molar-refractivity contribution in [2.45, 2.75) is 49.4 Å². The molecule has 1 saturated heterocycles. The number of hydrogen-bond donors (Lipinski definition) is 3. The van der Waals surface area contributed by atoms with Gasteiger partial charge in [0.25, 0.3) is 0 Å². The summed E-state index contributed by atoms with van der Waals surface area (Å²) in [6.45, 7) is 1.78. The molecule has 0 unspecified atom stereocenters. The van der Waals surface area contributed by atoms with Gasteiger partial charge in [-0.1, -0.05) is 12.1 Å². The number of halogens is 1. The molecule has 0 saturated carbocycles. The molecule has 4 aromatic rings. The van der Waals surface area contributed by atoms with Crippen LogP contribution >= 0.6 is 0 Å². The first kappa shape index (κ1) is 25.1. The second-order valence-corrected chi connectivity index (χ2v) is 10.4. The number of sulfonamides is 1. The van der Waals surface area contributed by atoms with Crippen molar-refractivity contribution in [1.29, 1.82) is 0 Å². The fourth-order valence-electron chi connectivity index (χ4n) is 4.15. The maximum atomic E-state index is 13.2. The van der Waals surface area contributed by atoms with Gasteiger partial charge < -0.3 is 20.7 Å². The lowest BCUT2D eigenvalue weighted by molar-refractivity contribution is -0.0403. The molecular formula is C21H24FN9O5S. The molecule has 16 heteroatoms. The van der Waals surface area contributed by atoms with Crippen LogP contribution in [0.25, 0.3) is 11.2 Å². The van der Waals surface area contributed by atoms with Gasteiger partial charge in [-0.3, -0.25) is 4.57 Å². The Morgan fingerprint density at radius 2 is 1.92 bits per heavy atom. The van der Waals surface area contributed by atoms with Gasteiger partial charge in [0.1, 0.15) is 36.0 Å². The van der Waals surface area contributed by atoms with Crippen LogP contribution < -0.4 is 5.73 Å². The number of nitrogen functional groups attached to an aromatic ring is 1. The standard InChI is InChI=1S/C21H24FN9O5S/c1-2-30(37(34,35)14-5-3-12(22)4-6-14)8-13-7-29(28-27-13)9-15-17(32)18(33)21(36-15)31-11-26-16-19(23)24-10-25-20(16)31/h3-7,10-11,15,17-18,21,32-33H,2,8-9H2,1H3,(H2,23,24,25)/t15-,17-,18-,21-/m1/s1. The van der Waals surface area contributed by atoms with Crippen LogP contribution in [0.4, 0.5) is 10.2 Å². The zero-order valence-electron chi connectivity index (χ0n) is 19.5. The van der Waals surface area contributed by atoms with Crippen molar-refractivity contribution in [2.24, 2.45) is 0 Å². The van der Waals surface area contributed by atoms with Gasteiger partial charge in [-0.25, -0.2) is 32.4 Å². The van der Waals surface area contributed by atoms with Gasteiger partial charge in [-0.2, -0.15) is 4.31 Å². The van der Waals surface area contributed by atoms with Crippen molar-refractivity contribution in [1.82, 2.24) is 38.8 Å². The molecule has 0 aliphatic carbocycles. The average Bonchev–Trinajstić information content (AvgIpc) is 3.58. The molecule has 1 aliphatic heterocycles. The van der Waals surface area contributed by atoms with E-state index in [2.05, 4.69) is 25.3 Å². The maximum absolute atomic E-state index is 13.2. The van der Waals surface area contributed by atoms with Crippen molar-refractivity contribution in [2.75, 3.05) is 12.3 Å². The van der Waals surface area contributed by atoms with Gasteiger partial charge in [-0.05, 0) is 24.3 Å². The van der Waals surface area contributed by atoms with E-state index in [0.29, 0.717) is 16.9 Å². The van der Waals surface area contributed by atoms with Gasteiger partial charge in [0.2, 0.25) is 10.0 Å². The number of rotatable bonds is 8. The number of fused-ring (bicyclic) bond motifs is 1. The highest BCUT2D eigenvalue weighted by Crippen LogP contribution is 2.32. The van der Waals surface area contributed by atoms with Gasteiger partial charge in [0.05, 0.1) is 30.0 Å². The zero-order valence-corrected chi connectivity index (χ0v) is 20.3. The van der Waals surface area contributed by atoms with E-state index in [4.69, 9.17) is 10.5 Å². The van der Waals surface area contributed by atoms with Crippen molar-refractivity contribution in [3.8, 4) is 0 Å². The molecule has 5 rings (SSSR count). The van der Waals surface area contributed by atoms with E-state index in [0.717, 1.165) is 12.1 Å². The highest BCUT2D eigenvalue weighted by Gasteiger charge is 2.44. The first-order valence-corrected chi connectivity index (χ1v) is 12.7. The highest BCUT2D eigenvalue weighted by atomic mass is 32.2. The molecule has 0 bridgehead atoms. The van der Waals surface area contributed by atoms with Crippen LogP contribution in [0.5, 0.6) is 0 Å². The second-order valence-electron chi connectivity index (χ2n) is 8.45. The van der Waals surface area contributed by atoms with E-state index in [1.165, 1.54) is 44.5 Å². The molecule has 4 atom stereocenters. The van der Waals surface area contributed by atoms with Crippen molar-refractivity contribution in [3.63, 3.8) is 0 Å². The Bertz CT molecular complexity index is 1510. The minimum absolute atomic E-state index is 0.0301. The molecule has 37 heavy (non-hydrogen) atoms. The number of benzene rings is 1. The number of aliphatic hydroxyl groups excluding tert-OH is 2. The molecular weight excluding hydrogens is 509 g/mol. The van der Waals surface area contributed by atoms with E-state index in [9.17, 15) is 23.0 Å². The zero-order chi connectivity index (χ0) is 26.3. The molecule has 1 aromatic carbocycles. The largest absolute Gasteiger partial charge is 0.387 e. The third-order valence-corrected chi connectivity index (χ3v) is 8.03. The summed E-state index contributed by atoms with van der Waals surface area (Å²) in [5.41, 5.74) is 6.85.